The summed E-state index contributed by atoms with van der Waals surface area (Å²) in [5.74, 6) is 0.444. The Kier molecular flexibility index (Phi) is 3.45. The van der Waals surface area contributed by atoms with Crippen molar-refractivity contribution in [3.8, 4) is 0 Å². The summed E-state index contributed by atoms with van der Waals surface area (Å²) in [6.45, 7) is 4.46. The van der Waals surface area contributed by atoms with Crippen molar-refractivity contribution in [3.05, 3.63) is 47.3 Å². The van der Waals surface area contributed by atoms with Gasteiger partial charge in [0.2, 0.25) is 0 Å². The minimum Gasteiger partial charge on any atom is -0.322 e. The zero-order valence-corrected chi connectivity index (χ0v) is 12.9. The Bertz CT molecular complexity index is 803. The maximum Gasteiger partial charge on any atom is 0.128 e. The molecule has 0 aliphatic rings. The minimum absolute atomic E-state index is 0.252. The molecule has 0 aliphatic carbocycles. The van der Waals surface area contributed by atoms with Gasteiger partial charge >= 0.3 is 0 Å². The molecule has 1 aromatic carbocycles. The fraction of sp³-hybridized carbons (Fsp3) is 0.333. The Morgan fingerprint density at radius 3 is 2.76 bits per heavy atom. The van der Waals surface area contributed by atoms with Crippen LogP contribution in [0.1, 0.15) is 29.4 Å². The minimum atomic E-state index is -0.293. The molecule has 0 aliphatic heterocycles. The second-order valence-electron chi connectivity index (χ2n) is 5.22. The smallest absolute Gasteiger partial charge is 0.128 e. The van der Waals surface area contributed by atoms with Crippen LogP contribution in [0.4, 0.5) is 4.39 Å². The van der Waals surface area contributed by atoms with Gasteiger partial charge in [0.05, 0.1) is 28.6 Å². The highest BCUT2D eigenvalue weighted by molar-refractivity contribution is 6.20. The van der Waals surface area contributed by atoms with E-state index in [2.05, 4.69) is 10.1 Å². The van der Waals surface area contributed by atoms with Crippen molar-refractivity contribution in [2.75, 3.05) is 0 Å². The van der Waals surface area contributed by atoms with Crippen LogP contribution in [-0.4, -0.2) is 19.3 Å². The highest BCUT2D eigenvalue weighted by atomic mass is 35.5. The number of imidazole rings is 1. The van der Waals surface area contributed by atoms with Crippen LogP contribution in [-0.2, 0) is 13.6 Å². The Labute approximate surface area is 127 Å². The summed E-state index contributed by atoms with van der Waals surface area (Å²) in [5, 5.41) is 4.10. The van der Waals surface area contributed by atoms with Crippen molar-refractivity contribution >= 4 is 22.6 Å². The van der Waals surface area contributed by atoms with Crippen LogP contribution >= 0.6 is 11.6 Å². The van der Waals surface area contributed by atoms with Gasteiger partial charge in [-0.05, 0) is 26.0 Å². The van der Waals surface area contributed by atoms with Crippen molar-refractivity contribution in [2.24, 2.45) is 7.05 Å². The largest absolute Gasteiger partial charge is 0.322 e. The highest BCUT2D eigenvalue weighted by Gasteiger charge is 2.17. The Balaban J connectivity index is 2.15. The van der Waals surface area contributed by atoms with Crippen LogP contribution in [0.25, 0.3) is 11.0 Å². The van der Waals surface area contributed by atoms with E-state index in [-0.39, 0.29) is 11.2 Å². The summed E-state index contributed by atoms with van der Waals surface area (Å²) >= 11 is 6.23. The molecule has 0 bridgehead atoms. The lowest BCUT2D eigenvalue weighted by Gasteiger charge is -2.10. The molecule has 0 N–H and O–H groups in total. The van der Waals surface area contributed by atoms with E-state index >= 15 is 0 Å². The van der Waals surface area contributed by atoms with Crippen molar-refractivity contribution in [1.82, 2.24) is 19.3 Å². The molecule has 110 valence electrons. The van der Waals surface area contributed by atoms with Gasteiger partial charge in [-0.2, -0.15) is 5.10 Å². The number of alkyl halides is 1. The molecule has 0 fully saturated rings. The lowest BCUT2D eigenvalue weighted by atomic mass is 10.2. The van der Waals surface area contributed by atoms with Gasteiger partial charge in [-0.25, -0.2) is 9.37 Å². The highest BCUT2D eigenvalue weighted by Crippen LogP contribution is 2.26. The molecule has 1 atom stereocenters. The molecule has 0 radical (unpaired) electrons. The molecule has 4 nitrogen and oxygen atoms in total. The van der Waals surface area contributed by atoms with Crippen molar-refractivity contribution in [3.63, 3.8) is 0 Å². The average molecular weight is 307 g/mol. The van der Waals surface area contributed by atoms with E-state index in [0.29, 0.717) is 12.1 Å². The van der Waals surface area contributed by atoms with Gasteiger partial charge in [0.25, 0.3) is 0 Å². The van der Waals surface area contributed by atoms with Gasteiger partial charge in [0.15, 0.2) is 0 Å². The third-order valence-electron chi connectivity index (χ3n) is 3.54. The van der Waals surface area contributed by atoms with E-state index in [1.165, 1.54) is 12.1 Å². The first-order chi connectivity index (χ1) is 9.95. The molecule has 1 unspecified atom stereocenters. The number of aryl methyl sites for hydroxylation is 2. The van der Waals surface area contributed by atoms with Gasteiger partial charge in [0.1, 0.15) is 11.6 Å². The number of nitrogens with zero attached hydrogens (tertiary/aromatic N) is 4. The third kappa shape index (κ3) is 2.53. The monoisotopic (exact) mass is 306 g/mol. The SMILES string of the molecule is Cc1nn(C)cc1Cn1c(C(C)Cl)nc2cc(F)ccc21. The summed E-state index contributed by atoms with van der Waals surface area (Å²) in [5.41, 5.74) is 3.57. The van der Waals surface area contributed by atoms with Crippen molar-refractivity contribution in [1.29, 1.82) is 0 Å². The number of benzene rings is 1. The molecule has 2 aromatic heterocycles. The molecule has 0 saturated carbocycles. The van der Waals surface area contributed by atoms with E-state index in [9.17, 15) is 4.39 Å². The van der Waals surface area contributed by atoms with Gasteiger partial charge in [0, 0.05) is 24.9 Å². The third-order valence-corrected chi connectivity index (χ3v) is 3.73. The molecule has 0 spiro atoms. The molecule has 0 amide bonds. The van der Waals surface area contributed by atoms with Gasteiger partial charge in [-0.3, -0.25) is 4.68 Å². The number of aromatic nitrogens is 4. The summed E-state index contributed by atoms with van der Waals surface area (Å²) in [7, 11) is 1.89. The second kappa shape index (κ2) is 5.15. The normalized spacial score (nSPS) is 13.0. The first kappa shape index (κ1) is 14.1. The molecule has 21 heavy (non-hydrogen) atoms. The predicted octanol–water partition coefficient (Wildman–Crippen LogP) is 3.57. The van der Waals surface area contributed by atoms with Gasteiger partial charge < -0.3 is 4.57 Å². The maximum atomic E-state index is 13.4. The number of hydrogen-bond acceptors (Lipinski definition) is 2. The van der Waals surface area contributed by atoms with E-state index < -0.39 is 0 Å². The second-order valence-corrected chi connectivity index (χ2v) is 5.87. The predicted molar refractivity (Wildman–Crippen MR) is 81.0 cm³/mol. The lowest BCUT2D eigenvalue weighted by molar-refractivity contribution is 0.629. The molecule has 0 saturated heterocycles. The van der Waals surface area contributed by atoms with E-state index in [1.807, 2.05) is 31.7 Å². The standard InChI is InChI=1S/C15H16ClFN4/c1-9(16)15-18-13-6-12(17)4-5-14(13)21(15)8-11-7-20(3)19-10(11)2/h4-7,9H,8H2,1-3H3. The molecule has 3 rings (SSSR count). The first-order valence-electron chi connectivity index (χ1n) is 6.74. The Morgan fingerprint density at radius 1 is 1.38 bits per heavy atom. The molecule has 2 heterocycles. The Morgan fingerprint density at radius 2 is 2.14 bits per heavy atom. The fourth-order valence-corrected chi connectivity index (χ4v) is 2.73. The zero-order valence-electron chi connectivity index (χ0n) is 12.1. The van der Waals surface area contributed by atoms with E-state index in [0.717, 1.165) is 22.6 Å². The first-order valence-corrected chi connectivity index (χ1v) is 7.18. The van der Waals surface area contributed by atoms with Crippen LogP contribution in [0, 0.1) is 12.7 Å². The van der Waals surface area contributed by atoms with Gasteiger partial charge in [-0.1, -0.05) is 0 Å². The van der Waals surface area contributed by atoms with Crippen molar-refractivity contribution < 1.29 is 4.39 Å². The van der Waals surface area contributed by atoms with Gasteiger partial charge in [-0.15, -0.1) is 11.6 Å². The van der Waals surface area contributed by atoms with Crippen LogP contribution in [0.3, 0.4) is 0 Å². The topological polar surface area (TPSA) is 35.6 Å². The van der Waals surface area contributed by atoms with E-state index in [1.54, 1.807) is 10.7 Å². The summed E-state index contributed by atoms with van der Waals surface area (Å²) in [6.07, 6.45) is 1.98. The van der Waals surface area contributed by atoms with Crippen LogP contribution < -0.4 is 0 Å². The Hall–Kier alpha value is -1.88. The summed E-state index contributed by atoms with van der Waals surface area (Å²) in [6, 6.07) is 4.62. The molecular weight excluding hydrogens is 291 g/mol. The molecule has 6 heteroatoms. The number of halogens is 2. The average Bonchev–Trinajstić information content (AvgIpc) is 2.90. The van der Waals surface area contributed by atoms with E-state index in [4.69, 9.17) is 11.6 Å². The summed E-state index contributed by atoms with van der Waals surface area (Å²) in [4.78, 5) is 4.47. The number of fused-ring (bicyclic) bond motifs is 1. The van der Waals surface area contributed by atoms with Crippen molar-refractivity contribution in [2.45, 2.75) is 25.8 Å². The number of hydrogen-bond donors (Lipinski definition) is 0. The van der Waals surface area contributed by atoms with Crippen LogP contribution in [0.5, 0.6) is 0 Å². The van der Waals surface area contributed by atoms with Crippen LogP contribution in [0.2, 0.25) is 0 Å². The lowest BCUT2D eigenvalue weighted by Crippen LogP contribution is -2.06. The quantitative estimate of drug-likeness (QED) is 0.694. The zero-order chi connectivity index (χ0) is 15.1. The fourth-order valence-electron chi connectivity index (χ4n) is 2.57. The number of rotatable bonds is 3. The molecule has 3 aromatic rings. The molecular formula is C15H16ClFN4. The summed E-state index contributed by atoms with van der Waals surface area (Å²) < 4.78 is 17.2. The maximum absolute atomic E-state index is 13.4. The van der Waals surface area contributed by atoms with Crippen LogP contribution in [0.15, 0.2) is 24.4 Å².